The molecule has 0 saturated heterocycles. The largest absolute Gasteiger partial charge is 0.254 e. The van der Waals surface area contributed by atoms with Gasteiger partial charge in [0, 0.05) is 12.4 Å². The summed E-state index contributed by atoms with van der Waals surface area (Å²) in [6, 6.07) is 17.1. The van der Waals surface area contributed by atoms with Crippen molar-refractivity contribution in [1.82, 2.24) is 9.97 Å². The Morgan fingerprint density at radius 3 is 2.08 bits per heavy atom. The zero-order valence-electron chi connectivity index (χ0n) is 14.6. The van der Waals surface area contributed by atoms with Crippen LogP contribution in [0, 0.1) is 0 Å². The minimum atomic E-state index is -0.375. The van der Waals surface area contributed by atoms with Crippen LogP contribution in [0.5, 0.6) is 0 Å². The van der Waals surface area contributed by atoms with E-state index in [1.165, 1.54) is 33.4 Å². The Kier molecular flexibility index (Phi) is 3.10. The zero-order chi connectivity index (χ0) is 17.7. The molecule has 0 fully saturated rings. The summed E-state index contributed by atoms with van der Waals surface area (Å²) < 4.78 is 0. The Morgan fingerprint density at radius 2 is 1.46 bits per heavy atom. The first-order valence-electron chi connectivity index (χ1n) is 8.85. The molecule has 0 radical (unpaired) electrons. The van der Waals surface area contributed by atoms with Gasteiger partial charge in [-0.15, -0.1) is 0 Å². The van der Waals surface area contributed by atoms with Crippen LogP contribution >= 0.6 is 0 Å². The van der Waals surface area contributed by atoms with Crippen LogP contribution < -0.4 is 0 Å². The van der Waals surface area contributed by atoms with E-state index in [4.69, 9.17) is 9.97 Å². The van der Waals surface area contributed by atoms with Crippen LogP contribution in [0.2, 0.25) is 0 Å². The predicted octanol–water partition coefficient (Wildman–Crippen LogP) is 5.32. The van der Waals surface area contributed by atoms with E-state index in [1.54, 1.807) is 0 Å². The molecule has 2 nitrogen and oxygen atoms in total. The Bertz CT molecular complexity index is 1070. The topological polar surface area (TPSA) is 25.8 Å². The summed E-state index contributed by atoms with van der Waals surface area (Å²) in [4.78, 5) is 9.41. The molecule has 0 amide bonds. The fourth-order valence-corrected chi connectivity index (χ4v) is 4.66. The fourth-order valence-electron chi connectivity index (χ4n) is 4.66. The number of benzene rings is 1. The molecule has 0 N–H and O–H groups in total. The van der Waals surface area contributed by atoms with Crippen LogP contribution in [0.3, 0.4) is 0 Å². The van der Waals surface area contributed by atoms with Crippen molar-refractivity contribution in [1.29, 1.82) is 0 Å². The first-order valence-corrected chi connectivity index (χ1v) is 8.85. The second-order valence-corrected chi connectivity index (χ2v) is 6.63. The van der Waals surface area contributed by atoms with E-state index in [0.717, 1.165) is 11.4 Å². The summed E-state index contributed by atoms with van der Waals surface area (Å²) in [6.45, 7) is 6.18. The second kappa shape index (κ2) is 5.37. The average Bonchev–Trinajstić information content (AvgIpc) is 3.15. The van der Waals surface area contributed by atoms with Gasteiger partial charge < -0.3 is 0 Å². The smallest absolute Gasteiger partial charge is 0.0937 e. The standard InChI is InChI=1S/C24H18N2/c1-3-9-18-16(4-2)17-10-5-6-11-19(17)24(18)20-12-7-14-25-22(20)23-21(24)13-8-15-26-23/h3-15H,2H2,1H3/b9-3-. The lowest BCUT2D eigenvalue weighted by Crippen LogP contribution is -2.26. The molecule has 2 heterocycles. The van der Waals surface area contributed by atoms with E-state index in [-0.39, 0.29) is 5.41 Å². The van der Waals surface area contributed by atoms with Gasteiger partial charge in [0.05, 0.1) is 16.8 Å². The third-order valence-electron chi connectivity index (χ3n) is 5.50. The molecule has 0 unspecified atom stereocenters. The first-order chi connectivity index (χ1) is 12.8. The summed E-state index contributed by atoms with van der Waals surface area (Å²) in [6.07, 6.45) is 10.0. The average molecular weight is 334 g/mol. The van der Waals surface area contributed by atoms with Gasteiger partial charge in [0.1, 0.15) is 0 Å². The van der Waals surface area contributed by atoms with Crippen LogP contribution in [-0.4, -0.2) is 9.97 Å². The quantitative estimate of drug-likeness (QED) is 0.634. The van der Waals surface area contributed by atoms with Crippen molar-refractivity contribution in [2.75, 3.05) is 0 Å². The highest BCUT2D eigenvalue weighted by molar-refractivity contribution is 5.96. The summed E-state index contributed by atoms with van der Waals surface area (Å²) >= 11 is 0. The van der Waals surface area contributed by atoms with E-state index in [9.17, 15) is 0 Å². The number of nitrogens with zero attached hydrogens (tertiary/aromatic N) is 2. The number of pyridine rings is 2. The van der Waals surface area contributed by atoms with Crippen molar-refractivity contribution in [3.8, 4) is 11.4 Å². The molecular weight excluding hydrogens is 316 g/mol. The maximum Gasteiger partial charge on any atom is 0.0937 e. The summed E-state index contributed by atoms with van der Waals surface area (Å²) in [7, 11) is 0. The summed E-state index contributed by atoms with van der Waals surface area (Å²) in [5.74, 6) is 0. The SMILES string of the molecule is C=CC1=C(/C=C\C)C2(c3ccccc31)c1cccnc1-c1ncccc12. The molecule has 0 bridgehead atoms. The van der Waals surface area contributed by atoms with Gasteiger partial charge in [0.15, 0.2) is 0 Å². The van der Waals surface area contributed by atoms with Gasteiger partial charge in [0.2, 0.25) is 0 Å². The molecule has 3 aromatic rings. The van der Waals surface area contributed by atoms with E-state index in [1.807, 2.05) is 30.6 Å². The Hall–Kier alpha value is -3.26. The second-order valence-electron chi connectivity index (χ2n) is 6.63. The maximum atomic E-state index is 4.70. The Labute approximate surface area is 153 Å². The van der Waals surface area contributed by atoms with Gasteiger partial charge in [-0.2, -0.15) is 0 Å². The monoisotopic (exact) mass is 334 g/mol. The van der Waals surface area contributed by atoms with Gasteiger partial charge in [-0.1, -0.05) is 61.2 Å². The maximum absolute atomic E-state index is 4.70. The lowest BCUT2D eigenvalue weighted by Gasteiger charge is -2.30. The molecule has 0 atom stereocenters. The molecule has 0 aliphatic heterocycles. The molecule has 2 aromatic heterocycles. The van der Waals surface area contributed by atoms with Crippen LogP contribution in [0.4, 0.5) is 0 Å². The molecule has 26 heavy (non-hydrogen) atoms. The van der Waals surface area contributed by atoms with Gasteiger partial charge >= 0.3 is 0 Å². The highest BCUT2D eigenvalue weighted by Crippen LogP contribution is 2.61. The Morgan fingerprint density at radius 1 is 0.846 bits per heavy atom. The van der Waals surface area contributed by atoms with Gasteiger partial charge in [-0.25, -0.2) is 0 Å². The fraction of sp³-hybridized carbons (Fsp3) is 0.0833. The lowest BCUT2D eigenvalue weighted by molar-refractivity contribution is 0.781. The first kappa shape index (κ1) is 15.0. The van der Waals surface area contributed by atoms with Crippen molar-refractivity contribution in [2.45, 2.75) is 12.3 Å². The Balaban J connectivity index is 2.03. The van der Waals surface area contributed by atoms with Crippen LogP contribution in [0.25, 0.3) is 17.0 Å². The number of hydrogen-bond donors (Lipinski definition) is 0. The summed E-state index contributed by atoms with van der Waals surface area (Å²) in [5, 5.41) is 0. The number of fused-ring (bicyclic) bond motifs is 7. The van der Waals surface area contributed by atoms with Gasteiger partial charge in [-0.3, -0.25) is 9.97 Å². The third kappa shape index (κ3) is 1.62. The zero-order valence-corrected chi connectivity index (χ0v) is 14.6. The van der Waals surface area contributed by atoms with E-state index >= 15 is 0 Å². The third-order valence-corrected chi connectivity index (χ3v) is 5.50. The van der Waals surface area contributed by atoms with E-state index < -0.39 is 0 Å². The number of aromatic nitrogens is 2. The highest BCUT2D eigenvalue weighted by Gasteiger charge is 2.52. The number of allylic oxidation sites excluding steroid dienone is 5. The lowest BCUT2D eigenvalue weighted by atomic mass is 9.70. The van der Waals surface area contributed by atoms with Crippen LogP contribution in [-0.2, 0) is 5.41 Å². The molecule has 2 aliphatic rings. The van der Waals surface area contributed by atoms with Crippen molar-refractivity contribution in [3.63, 3.8) is 0 Å². The van der Waals surface area contributed by atoms with Gasteiger partial charge in [-0.05, 0) is 52.5 Å². The normalized spacial score (nSPS) is 16.0. The van der Waals surface area contributed by atoms with Crippen molar-refractivity contribution >= 4 is 5.57 Å². The molecule has 1 aromatic carbocycles. The van der Waals surface area contributed by atoms with Crippen LogP contribution in [0.15, 0.2) is 91.3 Å². The van der Waals surface area contributed by atoms with Gasteiger partial charge in [0.25, 0.3) is 0 Å². The van der Waals surface area contributed by atoms with Crippen LogP contribution in [0.1, 0.15) is 29.2 Å². The molecular formula is C24H18N2. The molecule has 1 spiro atoms. The number of hydrogen-bond acceptors (Lipinski definition) is 2. The van der Waals surface area contributed by atoms with Crippen molar-refractivity contribution in [3.05, 3.63) is 114 Å². The molecule has 124 valence electrons. The highest BCUT2D eigenvalue weighted by atomic mass is 14.8. The molecule has 2 heteroatoms. The summed E-state index contributed by atoms with van der Waals surface area (Å²) in [5.41, 5.74) is 8.93. The minimum absolute atomic E-state index is 0.375. The number of rotatable bonds is 2. The van der Waals surface area contributed by atoms with E-state index in [0.29, 0.717) is 0 Å². The minimum Gasteiger partial charge on any atom is -0.254 e. The predicted molar refractivity (Wildman–Crippen MR) is 106 cm³/mol. The van der Waals surface area contributed by atoms with Crippen molar-refractivity contribution < 1.29 is 0 Å². The van der Waals surface area contributed by atoms with E-state index in [2.05, 4.69) is 62.1 Å². The molecule has 5 rings (SSSR count). The molecule has 2 aliphatic carbocycles. The van der Waals surface area contributed by atoms with Crippen molar-refractivity contribution in [2.24, 2.45) is 0 Å². The molecule has 0 saturated carbocycles.